The van der Waals surface area contributed by atoms with Crippen LogP contribution in [0, 0.1) is 17.8 Å². The summed E-state index contributed by atoms with van der Waals surface area (Å²) in [4.78, 5) is 26.0. The fourth-order valence-corrected chi connectivity index (χ4v) is 3.43. The van der Waals surface area contributed by atoms with Crippen molar-refractivity contribution < 1.29 is 19.4 Å². The molecule has 2 rings (SSSR count). The fraction of sp³-hybridized carbons (Fsp3) is 0.520. The summed E-state index contributed by atoms with van der Waals surface area (Å²) in [6.07, 6.45) is 6.70. The van der Waals surface area contributed by atoms with Crippen molar-refractivity contribution in [1.29, 1.82) is 0 Å². The van der Waals surface area contributed by atoms with E-state index in [0.29, 0.717) is 38.0 Å². The highest BCUT2D eigenvalue weighted by molar-refractivity contribution is 5.89. The Labute approximate surface area is 180 Å². The van der Waals surface area contributed by atoms with Crippen molar-refractivity contribution in [2.75, 3.05) is 13.2 Å². The number of ether oxygens (including phenoxy) is 1. The highest BCUT2D eigenvalue weighted by atomic mass is 16.5. The predicted octanol–water partition coefficient (Wildman–Crippen LogP) is 3.75. The molecule has 1 amide bonds. The van der Waals surface area contributed by atoms with E-state index in [-0.39, 0.29) is 23.8 Å². The maximum Gasteiger partial charge on any atom is 0.338 e. The number of carbonyl (C=O) groups is 2. The lowest BCUT2D eigenvalue weighted by atomic mass is 10.00. The Morgan fingerprint density at radius 2 is 2.03 bits per heavy atom. The largest absolute Gasteiger partial charge is 0.462 e. The van der Waals surface area contributed by atoms with Crippen LogP contribution in [0.15, 0.2) is 36.4 Å². The van der Waals surface area contributed by atoms with Gasteiger partial charge in [-0.3, -0.25) is 4.79 Å². The standard InChI is InChI=1S/C25H33NO4/c1-4-6-7-8-19(3)23(27)15-13-22-14-16-24(28)26(22)18-17-20-9-11-21(12-10-20)25(29)30-5-2/h9-13,15,19,22-23,27H,4-5,8,14,16-18H2,1-3H3/t19-,22-,23-/m0/s1. The first-order valence-corrected chi connectivity index (χ1v) is 10.8. The van der Waals surface area contributed by atoms with Gasteiger partial charge in [-0.15, -0.1) is 11.8 Å². The first-order valence-electron chi connectivity index (χ1n) is 10.8. The lowest BCUT2D eigenvalue weighted by Gasteiger charge is -2.23. The van der Waals surface area contributed by atoms with Crippen LogP contribution >= 0.6 is 0 Å². The first-order chi connectivity index (χ1) is 14.5. The summed E-state index contributed by atoms with van der Waals surface area (Å²) in [5, 5.41) is 10.4. The summed E-state index contributed by atoms with van der Waals surface area (Å²) >= 11 is 0. The molecule has 0 radical (unpaired) electrons. The van der Waals surface area contributed by atoms with Crippen molar-refractivity contribution in [2.45, 2.75) is 65.0 Å². The maximum absolute atomic E-state index is 12.3. The average Bonchev–Trinajstić information content (AvgIpc) is 3.10. The molecule has 0 spiro atoms. The number of hydrogen-bond donors (Lipinski definition) is 1. The Morgan fingerprint density at radius 1 is 1.30 bits per heavy atom. The van der Waals surface area contributed by atoms with Gasteiger partial charge in [0.2, 0.25) is 5.91 Å². The number of aliphatic hydroxyl groups excluding tert-OH is 1. The van der Waals surface area contributed by atoms with Gasteiger partial charge in [0.05, 0.1) is 24.3 Å². The minimum Gasteiger partial charge on any atom is -0.462 e. The van der Waals surface area contributed by atoms with Gasteiger partial charge >= 0.3 is 5.97 Å². The number of aliphatic hydroxyl groups is 1. The number of amides is 1. The summed E-state index contributed by atoms with van der Waals surface area (Å²) in [5.74, 6) is 5.99. The molecule has 30 heavy (non-hydrogen) atoms. The highest BCUT2D eigenvalue weighted by Crippen LogP contribution is 2.21. The normalized spacial score (nSPS) is 18.2. The van der Waals surface area contributed by atoms with Crippen molar-refractivity contribution in [3.05, 3.63) is 47.5 Å². The topological polar surface area (TPSA) is 66.8 Å². The Morgan fingerprint density at radius 3 is 2.70 bits per heavy atom. The molecule has 162 valence electrons. The van der Waals surface area contributed by atoms with Crippen LogP contribution < -0.4 is 0 Å². The molecule has 1 N–H and O–H groups in total. The quantitative estimate of drug-likeness (QED) is 0.382. The molecule has 1 heterocycles. The second-order valence-electron chi connectivity index (χ2n) is 7.62. The van der Waals surface area contributed by atoms with E-state index in [9.17, 15) is 14.7 Å². The van der Waals surface area contributed by atoms with Gasteiger partial charge in [-0.05, 0) is 43.4 Å². The third kappa shape index (κ3) is 7.03. The van der Waals surface area contributed by atoms with Gasteiger partial charge in [0, 0.05) is 25.8 Å². The van der Waals surface area contributed by atoms with Gasteiger partial charge in [-0.25, -0.2) is 4.79 Å². The summed E-state index contributed by atoms with van der Waals surface area (Å²) in [5.41, 5.74) is 1.60. The molecule has 1 aliphatic rings. The van der Waals surface area contributed by atoms with E-state index < -0.39 is 6.10 Å². The Hall–Kier alpha value is -2.58. The Kier molecular flexibility index (Phi) is 9.63. The van der Waals surface area contributed by atoms with E-state index in [0.717, 1.165) is 18.4 Å². The van der Waals surface area contributed by atoms with Crippen LogP contribution in [0.2, 0.25) is 0 Å². The van der Waals surface area contributed by atoms with Crippen molar-refractivity contribution in [2.24, 2.45) is 5.92 Å². The number of carbonyl (C=O) groups excluding carboxylic acids is 2. The van der Waals surface area contributed by atoms with Gasteiger partial charge < -0.3 is 14.7 Å². The van der Waals surface area contributed by atoms with E-state index in [1.165, 1.54) is 0 Å². The van der Waals surface area contributed by atoms with Crippen molar-refractivity contribution >= 4 is 11.9 Å². The predicted molar refractivity (Wildman–Crippen MR) is 118 cm³/mol. The van der Waals surface area contributed by atoms with Crippen molar-refractivity contribution in [3.63, 3.8) is 0 Å². The molecule has 0 unspecified atom stereocenters. The summed E-state index contributed by atoms with van der Waals surface area (Å²) in [6.45, 7) is 6.74. The van der Waals surface area contributed by atoms with Crippen molar-refractivity contribution in [1.82, 2.24) is 4.90 Å². The van der Waals surface area contributed by atoms with E-state index in [4.69, 9.17) is 4.74 Å². The third-order valence-corrected chi connectivity index (χ3v) is 5.32. The number of hydrogen-bond acceptors (Lipinski definition) is 4. The molecule has 0 bridgehead atoms. The number of nitrogens with zero attached hydrogens (tertiary/aromatic N) is 1. The fourth-order valence-electron chi connectivity index (χ4n) is 3.43. The third-order valence-electron chi connectivity index (χ3n) is 5.32. The van der Waals surface area contributed by atoms with Crippen LogP contribution in [-0.2, 0) is 16.0 Å². The molecule has 1 aromatic rings. The molecule has 1 saturated heterocycles. The molecule has 1 aromatic carbocycles. The zero-order valence-corrected chi connectivity index (χ0v) is 18.3. The zero-order valence-electron chi connectivity index (χ0n) is 18.3. The minimum absolute atomic E-state index is 0.0138. The second kappa shape index (κ2) is 12.2. The van der Waals surface area contributed by atoms with Gasteiger partial charge in [-0.1, -0.05) is 38.1 Å². The van der Waals surface area contributed by atoms with Crippen LogP contribution in [0.5, 0.6) is 0 Å². The lowest BCUT2D eigenvalue weighted by molar-refractivity contribution is -0.128. The average molecular weight is 412 g/mol. The van der Waals surface area contributed by atoms with Gasteiger partial charge in [0.1, 0.15) is 0 Å². The van der Waals surface area contributed by atoms with Crippen LogP contribution in [-0.4, -0.2) is 47.2 Å². The van der Waals surface area contributed by atoms with Gasteiger partial charge in [-0.2, -0.15) is 0 Å². The summed E-state index contributed by atoms with van der Waals surface area (Å²) in [6, 6.07) is 7.34. The first kappa shape index (κ1) is 23.7. The Bertz CT molecular complexity index is 788. The van der Waals surface area contributed by atoms with E-state index in [1.54, 1.807) is 19.1 Å². The molecular weight excluding hydrogens is 378 g/mol. The van der Waals surface area contributed by atoms with Crippen LogP contribution in [0.25, 0.3) is 0 Å². The van der Waals surface area contributed by atoms with E-state index in [1.807, 2.05) is 43.0 Å². The molecule has 5 nitrogen and oxygen atoms in total. The van der Waals surface area contributed by atoms with Gasteiger partial charge in [0.15, 0.2) is 0 Å². The van der Waals surface area contributed by atoms with Crippen LogP contribution in [0.1, 0.15) is 62.4 Å². The number of rotatable bonds is 9. The number of esters is 1. The van der Waals surface area contributed by atoms with E-state index in [2.05, 4.69) is 11.8 Å². The number of likely N-dealkylation sites (tertiary alicyclic amines) is 1. The molecule has 0 aliphatic carbocycles. The molecular formula is C25H33NO4. The molecule has 1 aliphatic heterocycles. The highest BCUT2D eigenvalue weighted by Gasteiger charge is 2.28. The Balaban J connectivity index is 1.91. The van der Waals surface area contributed by atoms with Crippen molar-refractivity contribution in [3.8, 4) is 11.8 Å². The summed E-state index contributed by atoms with van der Waals surface area (Å²) < 4.78 is 5.00. The van der Waals surface area contributed by atoms with Crippen LogP contribution in [0.3, 0.4) is 0 Å². The lowest BCUT2D eigenvalue weighted by Crippen LogP contribution is -2.34. The molecule has 3 atom stereocenters. The minimum atomic E-state index is -0.566. The van der Waals surface area contributed by atoms with E-state index >= 15 is 0 Å². The molecule has 5 heteroatoms. The molecule has 1 fully saturated rings. The smallest absolute Gasteiger partial charge is 0.338 e. The summed E-state index contributed by atoms with van der Waals surface area (Å²) in [7, 11) is 0. The monoisotopic (exact) mass is 411 g/mol. The SMILES string of the molecule is CCC#CC[C@H](C)[C@@H](O)C=C[C@H]1CCC(=O)N1CCc1ccc(C(=O)OCC)cc1. The second-order valence-corrected chi connectivity index (χ2v) is 7.62. The maximum atomic E-state index is 12.3. The number of benzene rings is 1. The molecule has 0 aromatic heterocycles. The van der Waals surface area contributed by atoms with Gasteiger partial charge in [0.25, 0.3) is 0 Å². The molecule has 0 saturated carbocycles. The van der Waals surface area contributed by atoms with Crippen LogP contribution in [0.4, 0.5) is 0 Å². The zero-order chi connectivity index (χ0) is 21.9.